The third-order valence-electron chi connectivity index (χ3n) is 6.15. The van der Waals surface area contributed by atoms with Crippen LogP contribution in [-0.2, 0) is 4.57 Å². The molecule has 3 heteroatoms. The Hall–Kier alpha value is -3.58. The van der Waals surface area contributed by atoms with Gasteiger partial charge in [0.2, 0.25) is 0 Å². The third kappa shape index (κ3) is 4.00. The van der Waals surface area contributed by atoms with Crippen molar-refractivity contribution < 1.29 is 4.57 Å². The first kappa shape index (κ1) is 21.3. The third-order valence-corrected chi connectivity index (χ3v) is 12.5. The van der Waals surface area contributed by atoms with Crippen molar-refractivity contribution in [2.24, 2.45) is 0 Å². The Kier molecular flexibility index (Phi) is 6.12. The molecule has 5 rings (SSSR count). The minimum Gasteiger partial charge on any atom is -0.0623 e. The van der Waals surface area contributed by atoms with Gasteiger partial charge in [-0.1, -0.05) is 126 Å². The summed E-state index contributed by atoms with van der Waals surface area (Å²) >= 11 is 0. The van der Waals surface area contributed by atoms with Crippen LogP contribution in [0.2, 0.25) is 0 Å². The van der Waals surface area contributed by atoms with Gasteiger partial charge < -0.3 is 0 Å². The van der Waals surface area contributed by atoms with Gasteiger partial charge >= 0.3 is 7.80 Å². The van der Waals surface area contributed by atoms with Crippen LogP contribution >= 0.6 is 7.80 Å². The number of benzene rings is 5. The SMILES string of the molecule is O=[P+](c1ccccc1)c1ccc([Si](c2ccccc2)(c2ccccc2)c2ccccc2)cc1. The molecule has 158 valence electrons. The van der Waals surface area contributed by atoms with Crippen molar-refractivity contribution in [2.45, 2.75) is 0 Å². The molecule has 0 N–H and O–H groups in total. The van der Waals surface area contributed by atoms with Crippen LogP contribution in [0.1, 0.15) is 0 Å². The zero-order valence-corrected chi connectivity index (χ0v) is 20.1. The first-order valence-electron chi connectivity index (χ1n) is 11.1. The second-order valence-corrected chi connectivity index (χ2v) is 13.5. The van der Waals surface area contributed by atoms with Gasteiger partial charge in [0.1, 0.15) is 0 Å². The van der Waals surface area contributed by atoms with E-state index in [2.05, 4.69) is 115 Å². The van der Waals surface area contributed by atoms with Crippen molar-refractivity contribution in [2.75, 3.05) is 0 Å². The van der Waals surface area contributed by atoms with Crippen molar-refractivity contribution in [3.8, 4) is 0 Å². The van der Waals surface area contributed by atoms with Crippen molar-refractivity contribution >= 4 is 47.2 Å². The van der Waals surface area contributed by atoms with E-state index >= 15 is 0 Å². The van der Waals surface area contributed by atoms with Crippen LogP contribution in [0.25, 0.3) is 0 Å². The standard InChI is InChI=1S/C30H24OPSi/c31-32(25-13-5-1-6-14-25)26-21-23-30(24-22-26)33(27-15-7-2-8-16-27,28-17-9-3-10-18-28)29-19-11-4-12-20-29/h1-24H/q+1. The molecule has 0 aliphatic carbocycles. The summed E-state index contributed by atoms with van der Waals surface area (Å²) in [6, 6.07) is 50.7. The van der Waals surface area contributed by atoms with E-state index in [1.807, 2.05) is 30.3 Å². The highest BCUT2D eigenvalue weighted by atomic mass is 31.1. The van der Waals surface area contributed by atoms with Gasteiger partial charge in [-0.05, 0) is 45.0 Å². The predicted octanol–water partition coefficient (Wildman–Crippen LogP) is 3.84. The topological polar surface area (TPSA) is 17.1 Å². The summed E-state index contributed by atoms with van der Waals surface area (Å²) in [6.45, 7) is 0. The molecule has 0 aliphatic heterocycles. The Morgan fingerprint density at radius 3 is 1.06 bits per heavy atom. The zero-order chi connectivity index (χ0) is 22.5. The lowest BCUT2D eigenvalue weighted by Crippen LogP contribution is -2.74. The monoisotopic (exact) mass is 459 g/mol. The highest BCUT2D eigenvalue weighted by Crippen LogP contribution is 2.19. The first-order valence-corrected chi connectivity index (χ1v) is 14.4. The quantitative estimate of drug-likeness (QED) is 0.214. The maximum absolute atomic E-state index is 13.2. The summed E-state index contributed by atoms with van der Waals surface area (Å²) in [5.41, 5.74) is 0. The van der Waals surface area contributed by atoms with Crippen molar-refractivity contribution in [1.29, 1.82) is 0 Å². The Balaban J connectivity index is 1.72. The zero-order valence-electron chi connectivity index (χ0n) is 18.2. The Morgan fingerprint density at radius 2 is 0.667 bits per heavy atom. The van der Waals surface area contributed by atoms with Crippen molar-refractivity contribution in [3.63, 3.8) is 0 Å². The Labute approximate surface area is 197 Å². The minimum atomic E-state index is -2.53. The first-order chi connectivity index (χ1) is 16.3. The number of rotatable bonds is 6. The fourth-order valence-electron chi connectivity index (χ4n) is 4.62. The molecule has 0 bridgehead atoms. The number of hydrogen-bond acceptors (Lipinski definition) is 1. The average molecular weight is 460 g/mol. The molecule has 33 heavy (non-hydrogen) atoms. The van der Waals surface area contributed by atoms with E-state index in [1.165, 1.54) is 20.7 Å². The van der Waals surface area contributed by atoms with Crippen LogP contribution in [0.5, 0.6) is 0 Å². The molecular formula is C30H24OPSi+. The molecule has 0 heterocycles. The molecule has 1 nitrogen and oxygen atoms in total. The molecule has 0 aliphatic rings. The lowest BCUT2D eigenvalue weighted by molar-refractivity contribution is 0.598. The average Bonchev–Trinajstić information content (AvgIpc) is 2.91. The van der Waals surface area contributed by atoms with Crippen LogP contribution in [0.3, 0.4) is 0 Å². The molecular weight excluding hydrogens is 435 g/mol. The van der Waals surface area contributed by atoms with E-state index in [9.17, 15) is 4.57 Å². The fourth-order valence-corrected chi connectivity index (χ4v) is 10.5. The molecule has 1 atom stereocenters. The molecule has 0 radical (unpaired) electrons. The Morgan fingerprint density at radius 1 is 0.364 bits per heavy atom. The lowest BCUT2D eigenvalue weighted by atomic mass is 10.3. The van der Waals surface area contributed by atoms with Gasteiger partial charge in [0.25, 0.3) is 0 Å². The summed E-state index contributed by atoms with van der Waals surface area (Å²) < 4.78 is 13.2. The van der Waals surface area contributed by atoms with Gasteiger partial charge in [0.15, 0.2) is 18.7 Å². The van der Waals surface area contributed by atoms with E-state index in [0.717, 1.165) is 10.6 Å². The molecule has 5 aromatic carbocycles. The normalized spacial score (nSPS) is 11.7. The molecule has 0 spiro atoms. The van der Waals surface area contributed by atoms with Crippen molar-refractivity contribution in [1.82, 2.24) is 0 Å². The van der Waals surface area contributed by atoms with E-state index < -0.39 is 15.9 Å². The van der Waals surface area contributed by atoms with E-state index in [-0.39, 0.29) is 0 Å². The van der Waals surface area contributed by atoms with Crippen LogP contribution in [-0.4, -0.2) is 8.07 Å². The van der Waals surface area contributed by atoms with Gasteiger partial charge in [0.05, 0.1) is 0 Å². The fraction of sp³-hybridized carbons (Fsp3) is 0. The van der Waals surface area contributed by atoms with Crippen LogP contribution in [0, 0.1) is 0 Å². The summed E-state index contributed by atoms with van der Waals surface area (Å²) in [4.78, 5) is 0. The molecule has 0 saturated carbocycles. The summed E-state index contributed by atoms with van der Waals surface area (Å²) in [7, 11) is -4.15. The minimum absolute atomic E-state index is 0.858. The second kappa shape index (κ2) is 9.50. The van der Waals surface area contributed by atoms with Crippen molar-refractivity contribution in [3.05, 3.63) is 146 Å². The predicted molar refractivity (Wildman–Crippen MR) is 143 cm³/mol. The molecule has 0 saturated heterocycles. The number of hydrogen-bond donors (Lipinski definition) is 0. The smallest absolute Gasteiger partial charge is 0.0623 e. The summed E-state index contributed by atoms with van der Waals surface area (Å²) in [5.74, 6) is 0. The van der Waals surface area contributed by atoms with Crippen LogP contribution in [0.15, 0.2) is 146 Å². The molecule has 0 amide bonds. The second-order valence-electron chi connectivity index (χ2n) is 8.02. The van der Waals surface area contributed by atoms with Crippen LogP contribution < -0.4 is 31.4 Å². The van der Waals surface area contributed by atoms with E-state index in [0.29, 0.717) is 0 Å². The molecule has 0 aromatic heterocycles. The largest absolute Gasteiger partial charge is 0.415 e. The highest BCUT2D eigenvalue weighted by Gasteiger charge is 2.41. The molecule has 0 fully saturated rings. The van der Waals surface area contributed by atoms with E-state index in [4.69, 9.17) is 0 Å². The van der Waals surface area contributed by atoms with E-state index in [1.54, 1.807) is 0 Å². The highest BCUT2D eigenvalue weighted by molar-refractivity contribution is 7.61. The maximum atomic E-state index is 13.2. The van der Waals surface area contributed by atoms with Gasteiger partial charge in [-0.25, -0.2) is 0 Å². The maximum Gasteiger partial charge on any atom is 0.415 e. The summed E-state index contributed by atoms with van der Waals surface area (Å²) in [5, 5.41) is 7.01. The molecule has 1 unspecified atom stereocenters. The van der Waals surface area contributed by atoms with Gasteiger partial charge in [-0.15, -0.1) is 0 Å². The molecule has 5 aromatic rings. The Bertz CT molecular complexity index is 1240. The van der Waals surface area contributed by atoms with Gasteiger partial charge in [-0.3, -0.25) is 0 Å². The lowest BCUT2D eigenvalue weighted by Gasteiger charge is -2.34. The van der Waals surface area contributed by atoms with Gasteiger partial charge in [0, 0.05) is 0 Å². The van der Waals surface area contributed by atoms with Gasteiger partial charge in [-0.2, -0.15) is 0 Å². The summed E-state index contributed by atoms with van der Waals surface area (Å²) in [6.07, 6.45) is 0. The van der Waals surface area contributed by atoms with Crippen LogP contribution in [0.4, 0.5) is 0 Å².